The second-order valence-corrected chi connectivity index (χ2v) is 9.42. The zero-order chi connectivity index (χ0) is 27.9. The van der Waals surface area contributed by atoms with Crippen LogP contribution in [0.15, 0.2) is 42.6 Å². The van der Waals surface area contributed by atoms with Gasteiger partial charge in [0, 0.05) is 19.2 Å². The lowest BCUT2D eigenvalue weighted by Crippen LogP contribution is -2.33. The summed E-state index contributed by atoms with van der Waals surface area (Å²) in [6.07, 6.45) is 6.84. The molecule has 1 fully saturated rings. The van der Waals surface area contributed by atoms with E-state index < -0.39 is 24.6 Å². The SMILES string of the molecule is CC[C@H](CC1CC1)CC(C)OC(=O)CNC(=O)c1nccc(OC)c1OCOC(C)=O.Cc1ccccc1. The predicted molar refractivity (Wildman–Crippen MR) is 143 cm³/mol. The van der Waals surface area contributed by atoms with Gasteiger partial charge < -0.3 is 24.3 Å². The molecule has 1 aromatic heterocycles. The van der Waals surface area contributed by atoms with Crippen LogP contribution in [-0.4, -0.2) is 49.4 Å². The van der Waals surface area contributed by atoms with Gasteiger partial charge in [0.2, 0.25) is 6.79 Å². The van der Waals surface area contributed by atoms with Crippen LogP contribution >= 0.6 is 0 Å². The van der Waals surface area contributed by atoms with Gasteiger partial charge in [-0.25, -0.2) is 4.98 Å². The highest BCUT2D eigenvalue weighted by Crippen LogP contribution is 2.37. The van der Waals surface area contributed by atoms with Crippen molar-refractivity contribution in [3.05, 3.63) is 53.9 Å². The third-order valence-corrected chi connectivity index (χ3v) is 6.04. The normalized spacial score (nSPS) is 13.7. The number of amides is 1. The number of ether oxygens (including phenoxy) is 4. The lowest BCUT2D eigenvalue weighted by atomic mass is 9.93. The molecule has 0 bridgehead atoms. The first-order chi connectivity index (χ1) is 18.2. The van der Waals surface area contributed by atoms with Crippen molar-refractivity contribution in [3.8, 4) is 11.5 Å². The van der Waals surface area contributed by atoms with Gasteiger partial charge in [-0.05, 0) is 38.5 Å². The molecule has 1 unspecified atom stereocenters. The van der Waals surface area contributed by atoms with Crippen LogP contribution in [0.25, 0.3) is 0 Å². The number of carbonyl (C=O) groups excluding carboxylic acids is 3. The van der Waals surface area contributed by atoms with E-state index in [0.717, 1.165) is 18.8 Å². The highest BCUT2D eigenvalue weighted by molar-refractivity contribution is 5.97. The summed E-state index contributed by atoms with van der Waals surface area (Å²) in [5, 5.41) is 2.49. The number of rotatable bonds is 13. The minimum Gasteiger partial charge on any atom is -0.493 e. The second-order valence-electron chi connectivity index (χ2n) is 9.42. The van der Waals surface area contributed by atoms with E-state index in [1.165, 1.54) is 51.1 Å². The fraction of sp³-hybridized carbons (Fsp3) is 0.517. The predicted octanol–water partition coefficient (Wildman–Crippen LogP) is 4.86. The number of hydrogen-bond donors (Lipinski definition) is 1. The van der Waals surface area contributed by atoms with Crippen LogP contribution in [0.2, 0.25) is 0 Å². The second kappa shape index (κ2) is 16.3. The fourth-order valence-electron chi connectivity index (χ4n) is 3.87. The summed E-state index contributed by atoms with van der Waals surface area (Å²) < 4.78 is 20.7. The van der Waals surface area contributed by atoms with Gasteiger partial charge in [0.25, 0.3) is 5.91 Å². The Morgan fingerprint density at radius 3 is 2.39 bits per heavy atom. The van der Waals surface area contributed by atoms with Crippen LogP contribution in [0.5, 0.6) is 11.5 Å². The van der Waals surface area contributed by atoms with Crippen molar-refractivity contribution in [1.82, 2.24) is 10.3 Å². The summed E-state index contributed by atoms with van der Waals surface area (Å²) in [5.41, 5.74) is 1.23. The maximum Gasteiger partial charge on any atom is 0.325 e. The Labute approximate surface area is 225 Å². The average molecular weight is 529 g/mol. The fourth-order valence-corrected chi connectivity index (χ4v) is 3.87. The largest absolute Gasteiger partial charge is 0.493 e. The molecule has 2 aromatic rings. The average Bonchev–Trinajstić information content (AvgIpc) is 3.71. The topological polar surface area (TPSA) is 113 Å². The first-order valence-electron chi connectivity index (χ1n) is 13.0. The smallest absolute Gasteiger partial charge is 0.325 e. The van der Waals surface area contributed by atoms with Crippen LogP contribution in [0, 0.1) is 18.8 Å². The number of nitrogens with one attached hydrogen (secondary N) is 1. The van der Waals surface area contributed by atoms with Gasteiger partial charge in [-0.2, -0.15) is 0 Å². The third kappa shape index (κ3) is 11.6. The van der Waals surface area contributed by atoms with Crippen molar-refractivity contribution >= 4 is 17.8 Å². The van der Waals surface area contributed by atoms with Gasteiger partial charge in [-0.3, -0.25) is 14.4 Å². The van der Waals surface area contributed by atoms with Crippen LogP contribution in [0.1, 0.15) is 68.9 Å². The van der Waals surface area contributed by atoms with Gasteiger partial charge in [0.15, 0.2) is 17.2 Å². The minimum atomic E-state index is -0.638. The molecule has 0 saturated heterocycles. The maximum absolute atomic E-state index is 12.5. The molecule has 1 aliphatic carbocycles. The molecule has 9 heteroatoms. The van der Waals surface area contributed by atoms with Crippen molar-refractivity contribution in [2.75, 3.05) is 20.4 Å². The number of carbonyl (C=O) groups is 3. The Bertz CT molecular complexity index is 1020. The number of aromatic nitrogens is 1. The maximum atomic E-state index is 12.5. The molecular formula is C29H40N2O7. The molecule has 0 spiro atoms. The monoisotopic (exact) mass is 528 g/mol. The van der Waals surface area contributed by atoms with Gasteiger partial charge in [-0.15, -0.1) is 0 Å². The standard InChI is InChI=1S/C22H32N2O7.C7H8/c1-5-16(11-17-6-7-17)10-14(2)31-19(26)12-24-22(27)20-21(30-13-29-15(3)25)18(28-4)8-9-23-20;1-7-5-3-2-4-6-7/h8-9,14,16-17H,5-7,10-13H2,1-4H3,(H,24,27);2-6H,1H3/t14?,16-;/m0./s1. The van der Waals surface area contributed by atoms with E-state index in [2.05, 4.69) is 36.3 Å². The summed E-state index contributed by atoms with van der Waals surface area (Å²) in [6.45, 7) is 6.64. The number of methoxy groups -OCH3 is 1. The van der Waals surface area contributed by atoms with Crippen LogP contribution in [0.4, 0.5) is 0 Å². The van der Waals surface area contributed by atoms with E-state index in [0.29, 0.717) is 5.92 Å². The Kier molecular flexibility index (Phi) is 13.1. The summed E-state index contributed by atoms with van der Waals surface area (Å²) in [5.74, 6) is -0.0641. The molecule has 1 aliphatic rings. The van der Waals surface area contributed by atoms with E-state index >= 15 is 0 Å². The van der Waals surface area contributed by atoms with E-state index in [-0.39, 0.29) is 29.8 Å². The van der Waals surface area contributed by atoms with Gasteiger partial charge in [0.1, 0.15) is 6.54 Å². The highest BCUT2D eigenvalue weighted by atomic mass is 16.7. The molecule has 1 N–H and O–H groups in total. The molecular weight excluding hydrogens is 488 g/mol. The molecule has 1 heterocycles. The number of benzene rings is 1. The Hall–Kier alpha value is -3.62. The molecule has 3 rings (SSSR count). The van der Waals surface area contributed by atoms with E-state index in [9.17, 15) is 14.4 Å². The van der Waals surface area contributed by atoms with E-state index in [1.54, 1.807) is 0 Å². The molecule has 2 atom stereocenters. The lowest BCUT2D eigenvalue weighted by molar-refractivity contribution is -0.148. The van der Waals surface area contributed by atoms with Gasteiger partial charge in [-0.1, -0.05) is 62.1 Å². The van der Waals surface area contributed by atoms with Crippen LogP contribution < -0.4 is 14.8 Å². The third-order valence-electron chi connectivity index (χ3n) is 6.04. The zero-order valence-electron chi connectivity index (χ0n) is 23.0. The van der Waals surface area contributed by atoms with E-state index in [4.69, 9.17) is 18.9 Å². The van der Waals surface area contributed by atoms with Crippen molar-refractivity contribution in [2.45, 2.75) is 65.9 Å². The quantitative estimate of drug-likeness (QED) is 0.290. The lowest BCUT2D eigenvalue weighted by Gasteiger charge is -2.20. The summed E-state index contributed by atoms with van der Waals surface area (Å²) >= 11 is 0. The zero-order valence-corrected chi connectivity index (χ0v) is 23.0. The first-order valence-corrected chi connectivity index (χ1v) is 13.0. The molecule has 38 heavy (non-hydrogen) atoms. The molecule has 0 aliphatic heterocycles. The Balaban J connectivity index is 0.000000624. The number of pyridine rings is 1. The minimum absolute atomic E-state index is 0.0105. The summed E-state index contributed by atoms with van der Waals surface area (Å²) in [4.78, 5) is 39.7. The number of hydrogen-bond acceptors (Lipinski definition) is 8. The van der Waals surface area contributed by atoms with Crippen LogP contribution in [0.3, 0.4) is 0 Å². The van der Waals surface area contributed by atoms with Crippen LogP contribution in [-0.2, 0) is 19.1 Å². The highest BCUT2D eigenvalue weighted by Gasteiger charge is 2.26. The summed E-state index contributed by atoms with van der Waals surface area (Å²) in [7, 11) is 1.40. The molecule has 1 aromatic carbocycles. The molecule has 208 valence electrons. The van der Waals surface area contributed by atoms with Crippen molar-refractivity contribution in [2.24, 2.45) is 11.8 Å². The Morgan fingerprint density at radius 2 is 1.84 bits per heavy atom. The van der Waals surface area contributed by atoms with Crippen molar-refractivity contribution in [1.29, 1.82) is 0 Å². The van der Waals surface area contributed by atoms with Crippen molar-refractivity contribution in [3.63, 3.8) is 0 Å². The van der Waals surface area contributed by atoms with E-state index in [1.807, 2.05) is 25.1 Å². The van der Waals surface area contributed by atoms with Crippen molar-refractivity contribution < 1.29 is 33.3 Å². The molecule has 9 nitrogen and oxygen atoms in total. The number of aryl methyl sites for hydroxylation is 1. The number of nitrogens with zero attached hydrogens (tertiary/aromatic N) is 1. The molecule has 1 amide bonds. The first kappa shape index (κ1) is 30.6. The molecule has 1 saturated carbocycles. The Morgan fingerprint density at radius 1 is 1.13 bits per heavy atom. The van der Waals surface area contributed by atoms with Gasteiger partial charge in [0.05, 0.1) is 13.2 Å². The van der Waals surface area contributed by atoms with Gasteiger partial charge >= 0.3 is 11.9 Å². The molecule has 0 radical (unpaired) electrons. The summed E-state index contributed by atoms with van der Waals surface area (Å²) in [6, 6.07) is 11.8. The number of esters is 2.